The van der Waals surface area contributed by atoms with Crippen molar-refractivity contribution in [3.63, 3.8) is 0 Å². The smallest absolute Gasteiger partial charge is 0.240 e. The zero-order chi connectivity index (χ0) is 23.5. The van der Waals surface area contributed by atoms with Crippen molar-refractivity contribution in [3.05, 3.63) is 96.4 Å². The number of rotatable bonds is 8. The van der Waals surface area contributed by atoms with Crippen LogP contribution in [-0.4, -0.2) is 47.3 Å². The first kappa shape index (κ1) is 21.8. The summed E-state index contributed by atoms with van der Waals surface area (Å²) in [6.45, 7) is 0.172. The fraction of sp³-hybridized carbons (Fsp3) is 0.125. The lowest BCUT2D eigenvalue weighted by Crippen LogP contribution is -2.29. The second kappa shape index (κ2) is 9.08. The predicted molar refractivity (Wildman–Crippen MR) is 127 cm³/mol. The van der Waals surface area contributed by atoms with E-state index in [2.05, 4.69) is 25.2 Å². The van der Waals surface area contributed by atoms with Gasteiger partial charge in [-0.25, -0.2) is 17.8 Å². The van der Waals surface area contributed by atoms with Crippen LogP contribution in [0.25, 0.3) is 16.6 Å². The summed E-state index contributed by atoms with van der Waals surface area (Å²) in [6.07, 6.45) is 3.35. The van der Waals surface area contributed by atoms with Gasteiger partial charge in [0.25, 0.3) is 0 Å². The van der Waals surface area contributed by atoms with Crippen molar-refractivity contribution >= 4 is 20.9 Å². The number of aromatic nitrogens is 5. The fourth-order valence-electron chi connectivity index (χ4n) is 3.97. The molecule has 2 N–H and O–H groups in total. The zero-order valence-electron chi connectivity index (χ0n) is 18.3. The Kier molecular flexibility index (Phi) is 5.83. The highest BCUT2D eigenvalue weighted by Gasteiger charge is 2.22. The molecule has 0 aliphatic rings. The maximum Gasteiger partial charge on any atom is 0.240 e. The number of fused-ring (bicyclic) bond motifs is 1. The zero-order valence-corrected chi connectivity index (χ0v) is 19.1. The fourth-order valence-corrected chi connectivity index (χ4v) is 5.06. The van der Waals surface area contributed by atoms with Gasteiger partial charge in [0.05, 0.1) is 17.7 Å². The van der Waals surface area contributed by atoms with Crippen LogP contribution >= 0.6 is 0 Å². The number of ether oxygens (including phenoxy) is 1. The number of sulfonamides is 1. The van der Waals surface area contributed by atoms with E-state index in [1.54, 1.807) is 25.3 Å². The number of para-hydroxylation sites is 1. The van der Waals surface area contributed by atoms with Gasteiger partial charge in [-0.05, 0) is 58.0 Å². The van der Waals surface area contributed by atoms with Crippen LogP contribution in [0.5, 0.6) is 5.75 Å². The molecule has 0 bridgehead atoms. The highest BCUT2D eigenvalue weighted by atomic mass is 32.2. The largest absolute Gasteiger partial charge is 0.497 e. The van der Waals surface area contributed by atoms with Gasteiger partial charge in [0.1, 0.15) is 12.1 Å². The van der Waals surface area contributed by atoms with Gasteiger partial charge in [0, 0.05) is 29.6 Å². The molecule has 0 saturated carbocycles. The van der Waals surface area contributed by atoms with E-state index >= 15 is 0 Å². The minimum Gasteiger partial charge on any atom is -0.497 e. The van der Waals surface area contributed by atoms with E-state index < -0.39 is 10.0 Å². The Hall–Kier alpha value is -4.02. The van der Waals surface area contributed by atoms with Crippen molar-refractivity contribution in [1.29, 1.82) is 0 Å². The van der Waals surface area contributed by atoms with E-state index in [1.165, 1.54) is 17.1 Å². The maximum absolute atomic E-state index is 13.2. The summed E-state index contributed by atoms with van der Waals surface area (Å²) in [7, 11) is -2.19. The van der Waals surface area contributed by atoms with Gasteiger partial charge in [0.15, 0.2) is 0 Å². The van der Waals surface area contributed by atoms with Crippen LogP contribution in [0.4, 0.5) is 0 Å². The molecular weight excluding hydrogens is 452 g/mol. The molecule has 172 valence electrons. The molecule has 2 aromatic heterocycles. The van der Waals surface area contributed by atoms with Crippen molar-refractivity contribution in [2.45, 2.75) is 10.8 Å². The first-order valence-corrected chi connectivity index (χ1v) is 12.1. The van der Waals surface area contributed by atoms with Crippen molar-refractivity contribution in [2.75, 3.05) is 13.7 Å². The van der Waals surface area contributed by atoms with Gasteiger partial charge in [-0.3, -0.25) is 0 Å². The summed E-state index contributed by atoms with van der Waals surface area (Å²) in [5.41, 5.74) is 3.52. The van der Waals surface area contributed by atoms with Crippen LogP contribution in [0.1, 0.15) is 17.0 Å². The first-order valence-electron chi connectivity index (χ1n) is 10.6. The Morgan fingerprint density at radius 2 is 1.88 bits per heavy atom. The second-order valence-electron chi connectivity index (χ2n) is 7.72. The SMILES string of the molecule is COc1ccc(C(CNS(=O)(=O)c2cccc(-n3cnnn3)c2)c2c[nH]c3ccccc23)cc1. The van der Waals surface area contributed by atoms with E-state index in [1.807, 2.05) is 54.7 Å². The summed E-state index contributed by atoms with van der Waals surface area (Å²) >= 11 is 0. The van der Waals surface area contributed by atoms with Crippen LogP contribution in [0.15, 0.2) is 90.2 Å². The summed E-state index contributed by atoms with van der Waals surface area (Å²) in [4.78, 5) is 3.42. The van der Waals surface area contributed by atoms with E-state index in [0.29, 0.717) is 5.69 Å². The summed E-state index contributed by atoms with van der Waals surface area (Å²) in [6, 6.07) is 22.1. The van der Waals surface area contributed by atoms with Gasteiger partial charge < -0.3 is 9.72 Å². The van der Waals surface area contributed by atoms with E-state index in [4.69, 9.17) is 4.74 Å². The molecule has 3 aromatic carbocycles. The quantitative estimate of drug-likeness (QED) is 0.357. The van der Waals surface area contributed by atoms with E-state index in [-0.39, 0.29) is 17.4 Å². The van der Waals surface area contributed by atoms with Gasteiger partial charge in [-0.1, -0.05) is 36.4 Å². The van der Waals surface area contributed by atoms with Crippen LogP contribution in [0, 0.1) is 0 Å². The molecular formula is C24H22N6O3S. The van der Waals surface area contributed by atoms with Crippen LogP contribution in [0.3, 0.4) is 0 Å². The molecule has 34 heavy (non-hydrogen) atoms. The lowest BCUT2D eigenvalue weighted by molar-refractivity contribution is 0.414. The number of H-pyrrole nitrogens is 1. The molecule has 5 rings (SSSR count). The summed E-state index contributed by atoms with van der Waals surface area (Å²) in [5.74, 6) is 0.515. The molecule has 0 spiro atoms. The van der Waals surface area contributed by atoms with E-state index in [0.717, 1.165) is 27.8 Å². The second-order valence-corrected chi connectivity index (χ2v) is 9.49. The Morgan fingerprint density at radius 3 is 2.65 bits per heavy atom. The molecule has 0 aliphatic heterocycles. The lowest BCUT2D eigenvalue weighted by atomic mass is 9.91. The third kappa shape index (κ3) is 4.28. The van der Waals surface area contributed by atoms with Crippen molar-refractivity contribution < 1.29 is 13.2 Å². The average molecular weight is 475 g/mol. The van der Waals surface area contributed by atoms with E-state index in [9.17, 15) is 8.42 Å². The molecule has 1 unspecified atom stereocenters. The molecule has 0 aliphatic carbocycles. The average Bonchev–Trinajstić information content (AvgIpc) is 3.56. The number of tetrazole rings is 1. The van der Waals surface area contributed by atoms with Crippen molar-refractivity contribution in [1.82, 2.24) is 29.9 Å². The van der Waals surface area contributed by atoms with Crippen molar-refractivity contribution in [3.8, 4) is 11.4 Å². The highest BCUT2D eigenvalue weighted by molar-refractivity contribution is 7.89. The Bertz CT molecular complexity index is 1510. The third-order valence-corrected chi connectivity index (χ3v) is 7.16. The van der Waals surface area contributed by atoms with Crippen LogP contribution < -0.4 is 9.46 Å². The molecule has 0 fully saturated rings. The molecule has 9 nitrogen and oxygen atoms in total. The van der Waals surface area contributed by atoms with Gasteiger partial charge in [-0.15, -0.1) is 5.10 Å². The molecule has 0 amide bonds. The molecule has 0 saturated heterocycles. The molecule has 2 heterocycles. The standard InChI is InChI=1S/C24H22N6O3S/c1-33-19-11-9-17(10-12-19)22(23-14-25-24-8-3-2-7-21(23)24)15-27-34(31,32)20-6-4-5-18(13-20)30-16-26-28-29-30/h2-14,16,22,25,27H,15H2,1H3. The number of hydrogen-bond acceptors (Lipinski definition) is 6. The Balaban J connectivity index is 1.47. The van der Waals surface area contributed by atoms with Crippen LogP contribution in [-0.2, 0) is 10.0 Å². The number of hydrogen-bond donors (Lipinski definition) is 2. The Morgan fingerprint density at radius 1 is 1.06 bits per heavy atom. The van der Waals surface area contributed by atoms with Gasteiger partial charge in [-0.2, -0.15) is 0 Å². The first-order chi connectivity index (χ1) is 16.5. The molecule has 5 aromatic rings. The minimum atomic E-state index is -3.80. The molecule has 0 radical (unpaired) electrons. The van der Waals surface area contributed by atoms with Gasteiger partial charge >= 0.3 is 0 Å². The number of methoxy groups -OCH3 is 1. The normalized spacial score (nSPS) is 12.6. The molecule has 10 heteroatoms. The van der Waals surface area contributed by atoms with Crippen molar-refractivity contribution in [2.24, 2.45) is 0 Å². The lowest BCUT2D eigenvalue weighted by Gasteiger charge is -2.19. The minimum absolute atomic E-state index is 0.132. The van der Waals surface area contributed by atoms with Crippen LogP contribution in [0.2, 0.25) is 0 Å². The molecule has 1 atom stereocenters. The Labute approximate surface area is 196 Å². The summed E-state index contributed by atoms with van der Waals surface area (Å²) < 4.78 is 35.9. The number of nitrogens with zero attached hydrogens (tertiary/aromatic N) is 4. The number of nitrogens with one attached hydrogen (secondary N) is 2. The third-order valence-electron chi connectivity index (χ3n) is 5.73. The maximum atomic E-state index is 13.2. The monoisotopic (exact) mass is 474 g/mol. The number of benzene rings is 3. The topological polar surface area (TPSA) is 115 Å². The highest BCUT2D eigenvalue weighted by Crippen LogP contribution is 2.32. The predicted octanol–water partition coefficient (Wildman–Crippen LogP) is 3.26. The van der Waals surface area contributed by atoms with Gasteiger partial charge in [0.2, 0.25) is 10.0 Å². The summed E-state index contributed by atoms with van der Waals surface area (Å²) in [5, 5.41) is 12.1. The number of aromatic amines is 1.